The molecule has 0 unspecified atom stereocenters. The highest BCUT2D eigenvalue weighted by Gasteiger charge is 2.26. The quantitative estimate of drug-likeness (QED) is 0.384. The highest BCUT2D eigenvalue weighted by molar-refractivity contribution is 5.97. The summed E-state index contributed by atoms with van der Waals surface area (Å²) in [5.41, 5.74) is 6.79. The molecule has 0 saturated heterocycles. The van der Waals surface area contributed by atoms with Crippen LogP contribution >= 0.6 is 0 Å². The second kappa shape index (κ2) is 7.67. The van der Waals surface area contributed by atoms with Crippen LogP contribution in [0.3, 0.4) is 0 Å². The summed E-state index contributed by atoms with van der Waals surface area (Å²) in [6, 6.07) is 9.67. The van der Waals surface area contributed by atoms with Gasteiger partial charge in [0.05, 0.1) is 23.6 Å². The first kappa shape index (κ1) is 20.3. The molecule has 2 aromatic carbocycles. The number of aryl methyl sites for hydroxylation is 1. The number of halogens is 2. The van der Waals surface area contributed by atoms with Gasteiger partial charge in [0.1, 0.15) is 17.3 Å². The van der Waals surface area contributed by atoms with E-state index in [1.807, 2.05) is 0 Å². The second-order valence-electron chi connectivity index (χ2n) is 6.87. The largest absolute Gasteiger partial charge is 0.462 e. The van der Waals surface area contributed by atoms with Crippen LogP contribution in [0.5, 0.6) is 0 Å². The number of H-pyrrole nitrogens is 1. The molecule has 3 N–H and O–H groups in total. The lowest BCUT2D eigenvalue weighted by Crippen LogP contribution is -2.26. The van der Waals surface area contributed by atoms with Crippen molar-refractivity contribution in [2.24, 2.45) is 0 Å². The summed E-state index contributed by atoms with van der Waals surface area (Å²) in [5, 5.41) is 4.19. The summed E-state index contributed by atoms with van der Waals surface area (Å²) in [5.74, 6) is -2.35. The molecule has 158 valence electrons. The van der Waals surface area contributed by atoms with Crippen LogP contribution in [0.1, 0.15) is 23.0 Å². The molecule has 0 bridgehead atoms. The molecule has 0 fully saturated rings. The molecule has 0 atom stereocenters. The van der Waals surface area contributed by atoms with Gasteiger partial charge in [-0.05, 0) is 43.7 Å². The molecule has 4 aromatic rings. The van der Waals surface area contributed by atoms with Crippen molar-refractivity contribution in [3.63, 3.8) is 0 Å². The molecule has 0 saturated carbocycles. The number of nitrogens with zero attached hydrogens (tertiary/aromatic N) is 2. The average molecular weight is 424 g/mol. The Kier molecular flexibility index (Phi) is 5.02. The summed E-state index contributed by atoms with van der Waals surface area (Å²) in [4.78, 5) is 28.9. The number of hydrogen-bond donors (Lipinski definition) is 2. The monoisotopic (exact) mass is 424 g/mol. The molecule has 0 aliphatic heterocycles. The van der Waals surface area contributed by atoms with Gasteiger partial charge < -0.3 is 15.5 Å². The summed E-state index contributed by atoms with van der Waals surface area (Å²) in [7, 11) is 0. The van der Waals surface area contributed by atoms with Crippen molar-refractivity contribution in [3.8, 4) is 22.4 Å². The number of benzene rings is 2. The SMILES string of the molecule is CCOC(=O)c1c(-c2ccc(N)cc2)[nH]c2c(-c3ccc(F)cc3F)c(C)nn2c1=O. The van der Waals surface area contributed by atoms with Gasteiger partial charge in [-0.3, -0.25) is 4.79 Å². The zero-order valence-electron chi connectivity index (χ0n) is 16.7. The first-order chi connectivity index (χ1) is 14.8. The highest BCUT2D eigenvalue weighted by atomic mass is 19.1. The first-order valence-electron chi connectivity index (χ1n) is 9.46. The molecule has 0 aliphatic carbocycles. The fourth-order valence-corrected chi connectivity index (χ4v) is 3.46. The molecular formula is C22H18F2N4O3. The number of carbonyl (C=O) groups is 1. The Morgan fingerprint density at radius 2 is 1.90 bits per heavy atom. The van der Waals surface area contributed by atoms with Crippen LogP contribution in [0.15, 0.2) is 47.3 Å². The van der Waals surface area contributed by atoms with Crippen LogP contribution < -0.4 is 11.3 Å². The third-order valence-corrected chi connectivity index (χ3v) is 4.84. The van der Waals surface area contributed by atoms with Gasteiger partial charge in [-0.15, -0.1) is 0 Å². The number of carbonyl (C=O) groups excluding carboxylic acids is 1. The predicted molar refractivity (Wildman–Crippen MR) is 112 cm³/mol. The Hall–Kier alpha value is -4.01. The number of nitrogen functional groups attached to an aromatic ring is 1. The molecule has 7 nitrogen and oxygen atoms in total. The molecule has 31 heavy (non-hydrogen) atoms. The number of aromatic nitrogens is 3. The van der Waals surface area contributed by atoms with Crippen LogP contribution in [0.4, 0.5) is 14.5 Å². The summed E-state index contributed by atoms with van der Waals surface area (Å²) >= 11 is 0. The lowest BCUT2D eigenvalue weighted by molar-refractivity contribution is 0.0524. The van der Waals surface area contributed by atoms with Crippen LogP contribution in [0.2, 0.25) is 0 Å². The number of rotatable bonds is 4. The predicted octanol–water partition coefficient (Wildman–Crippen LogP) is 3.70. The Balaban J connectivity index is 2.09. The lowest BCUT2D eigenvalue weighted by atomic mass is 10.0. The number of anilines is 1. The van der Waals surface area contributed by atoms with Crippen molar-refractivity contribution in [1.82, 2.24) is 14.6 Å². The van der Waals surface area contributed by atoms with Crippen molar-refractivity contribution in [1.29, 1.82) is 0 Å². The van der Waals surface area contributed by atoms with E-state index in [1.54, 1.807) is 38.1 Å². The van der Waals surface area contributed by atoms with Crippen LogP contribution in [0.25, 0.3) is 28.0 Å². The number of hydrogen-bond acceptors (Lipinski definition) is 5. The maximum Gasteiger partial charge on any atom is 0.346 e. The molecule has 2 aromatic heterocycles. The maximum atomic E-state index is 14.5. The van der Waals surface area contributed by atoms with E-state index in [2.05, 4.69) is 10.1 Å². The molecule has 2 heterocycles. The average Bonchev–Trinajstić information content (AvgIpc) is 3.05. The van der Waals surface area contributed by atoms with Crippen molar-refractivity contribution in [2.75, 3.05) is 12.3 Å². The second-order valence-corrected chi connectivity index (χ2v) is 6.87. The Labute approximate surface area is 175 Å². The summed E-state index contributed by atoms with van der Waals surface area (Å²) in [6.07, 6.45) is 0. The number of nitrogens with one attached hydrogen (secondary N) is 1. The van der Waals surface area contributed by atoms with E-state index in [0.29, 0.717) is 16.9 Å². The molecule has 4 rings (SSSR count). The van der Waals surface area contributed by atoms with Gasteiger partial charge >= 0.3 is 5.97 Å². The van der Waals surface area contributed by atoms with E-state index in [0.717, 1.165) is 16.6 Å². The topological polar surface area (TPSA) is 102 Å². The van der Waals surface area contributed by atoms with Gasteiger partial charge in [0.25, 0.3) is 5.56 Å². The van der Waals surface area contributed by atoms with Gasteiger partial charge in [0, 0.05) is 17.3 Å². The van der Waals surface area contributed by atoms with Gasteiger partial charge in [-0.25, -0.2) is 13.6 Å². The van der Waals surface area contributed by atoms with E-state index in [9.17, 15) is 18.4 Å². The zero-order chi connectivity index (χ0) is 22.3. The van der Waals surface area contributed by atoms with Gasteiger partial charge in [-0.2, -0.15) is 9.61 Å². The van der Waals surface area contributed by atoms with Gasteiger partial charge in [0.2, 0.25) is 0 Å². The first-order valence-corrected chi connectivity index (χ1v) is 9.46. The number of ether oxygens (including phenoxy) is 1. The molecule has 0 aliphatic rings. The fourth-order valence-electron chi connectivity index (χ4n) is 3.46. The summed E-state index contributed by atoms with van der Waals surface area (Å²) < 4.78 is 34.0. The Bertz CT molecular complexity index is 1370. The third kappa shape index (κ3) is 3.43. The third-order valence-electron chi connectivity index (χ3n) is 4.84. The zero-order valence-corrected chi connectivity index (χ0v) is 16.7. The van der Waals surface area contributed by atoms with E-state index >= 15 is 0 Å². The van der Waals surface area contributed by atoms with Crippen molar-refractivity contribution in [3.05, 3.63) is 75.7 Å². The number of fused-ring (bicyclic) bond motifs is 1. The van der Waals surface area contributed by atoms with Crippen molar-refractivity contribution < 1.29 is 18.3 Å². The van der Waals surface area contributed by atoms with Crippen molar-refractivity contribution in [2.45, 2.75) is 13.8 Å². The van der Waals surface area contributed by atoms with Gasteiger partial charge in [-0.1, -0.05) is 12.1 Å². The van der Waals surface area contributed by atoms with E-state index < -0.39 is 23.2 Å². The normalized spacial score (nSPS) is 11.1. The van der Waals surface area contributed by atoms with E-state index in [4.69, 9.17) is 10.5 Å². The number of nitrogens with two attached hydrogens (primary N) is 1. The highest BCUT2D eigenvalue weighted by Crippen LogP contribution is 2.31. The standard InChI is InChI=1S/C22H18F2N4O3/c1-3-31-22(30)18-19(12-4-7-14(25)8-5-12)26-20-17(11(2)27-28(20)21(18)29)15-9-6-13(23)10-16(15)24/h4-10,26H,3,25H2,1-2H3. The fraction of sp³-hybridized carbons (Fsp3) is 0.136. The van der Waals surface area contributed by atoms with E-state index in [1.165, 1.54) is 6.07 Å². The van der Waals surface area contributed by atoms with Gasteiger partial charge in [0.15, 0.2) is 5.56 Å². The minimum Gasteiger partial charge on any atom is -0.462 e. The smallest absolute Gasteiger partial charge is 0.346 e. The van der Waals surface area contributed by atoms with Crippen molar-refractivity contribution >= 4 is 17.3 Å². The van der Waals surface area contributed by atoms with Crippen LogP contribution in [-0.2, 0) is 4.74 Å². The van der Waals surface area contributed by atoms with Crippen LogP contribution in [0, 0.1) is 18.6 Å². The Morgan fingerprint density at radius 1 is 1.19 bits per heavy atom. The van der Waals surface area contributed by atoms with Crippen LogP contribution in [-0.4, -0.2) is 27.2 Å². The minimum atomic E-state index is -0.819. The molecule has 0 amide bonds. The van der Waals surface area contributed by atoms with E-state index in [-0.39, 0.29) is 34.6 Å². The molecule has 0 radical (unpaired) electrons. The summed E-state index contributed by atoms with van der Waals surface area (Å²) in [6.45, 7) is 3.29. The number of esters is 1. The lowest BCUT2D eigenvalue weighted by Gasteiger charge is -2.11. The Morgan fingerprint density at radius 3 is 2.55 bits per heavy atom. The maximum absolute atomic E-state index is 14.5. The molecule has 0 spiro atoms. The minimum absolute atomic E-state index is 0.0664. The molecule has 9 heteroatoms. The number of aromatic amines is 1. The molecular weight excluding hydrogens is 406 g/mol.